The first-order valence-corrected chi connectivity index (χ1v) is 12.2. The second kappa shape index (κ2) is 13.7. The van der Waals surface area contributed by atoms with Gasteiger partial charge in [0.15, 0.2) is 11.5 Å². The number of rotatable bonds is 12. The molecule has 9 nitrogen and oxygen atoms in total. The Morgan fingerprint density at radius 3 is 2.28 bits per heavy atom. The van der Waals surface area contributed by atoms with E-state index in [2.05, 4.69) is 10.2 Å². The molecule has 2 aromatic carbocycles. The number of methoxy groups -OCH3 is 3. The van der Waals surface area contributed by atoms with Crippen molar-refractivity contribution in [2.45, 2.75) is 25.9 Å². The van der Waals surface area contributed by atoms with Gasteiger partial charge in [0, 0.05) is 32.7 Å². The summed E-state index contributed by atoms with van der Waals surface area (Å²) in [6.45, 7) is 6.48. The molecule has 0 aliphatic carbocycles. The van der Waals surface area contributed by atoms with E-state index < -0.39 is 6.04 Å². The van der Waals surface area contributed by atoms with E-state index in [1.165, 1.54) is 0 Å². The highest BCUT2D eigenvalue weighted by Gasteiger charge is 2.26. The molecule has 1 saturated heterocycles. The van der Waals surface area contributed by atoms with Crippen molar-refractivity contribution in [2.24, 2.45) is 0 Å². The highest BCUT2D eigenvalue weighted by Crippen LogP contribution is 2.28. The fourth-order valence-corrected chi connectivity index (χ4v) is 4.09. The van der Waals surface area contributed by atoms with Crippen LogP contribution in [-0.2, 0) is 27.3 Å². The molecule has 196 valence electrons. The van der Waals surface area contributed by atoms with E-state index in [4.69, 9.17) is 18.9 Å². The van der Waals surface area contributed by atoms with Gasteiger partial charge in [0.25, 0.3) is 0 Å². The third-order valence-corrected chi connectivity index (χ3v) is 6.31. The van der Waals surface area contributed by atoms with Crippen molar-refractivity contribution >= 4 is 11.8 Å². The number of amides is 2. The lowest BCUT2D eigenvalue weighted by Gasteiger charge is -2.30. The number of benzene rings is 2. The summed E-state index contributed by atoms with van der Waals surface area (Å²) in [6, 6.07) is 12.2. The third kappa shape index (κ3) is 7.60. The van der Waals surface area contributed by atoms with E-state index >= 15 is 0 Å². The highest BCUT2D eigenvalue weighted by atomic mass is 16.5. The van der Waals surface area contributed by atoms with Crippen LogP contribution in [0, 0.1) is 0 Å². The van der Waals surface area contributed by atoms with Crippen LogP contribution in [0.4, 0.5) is 0 Å². The summed E-state index contributed by atoms with van der Waals surface area (Å²) < 4.78 is 21.3. The van der Waals surface area contributed by atoms with Gasteiger partial charge in [-0.1, -0.05) is 18.2 Å². The Morgan fingerprint density at radius 1 is 0.972 bits per heavy atom. The maximum Gasteiger partial charge on any atom is 0.242 e. The summed E-state index contributed by atoms with van der Waals surface area (Å²) in [5.41, 5.74) is 1.68. The Labute approximate surface area is 213 Å². The molecule has 36 heavy (non-hydrogen) atoms. The van der Waals surface area contributed by atoms with Gasteiger partial charge in [-0.2, -0.15) is 0 Å². The molecule has 0 bridgehead atoms. The van der Waals surface area contributed by atoms with Crippen LogP contribution in [-0.4, -0.2) is 88.4 Å². The lowest BCUT2D eigenvalue weighted by atomic mass is 10.1. The Bertz CT molecular complexity index is 992. The van der Waals surface area contributed by atoms with Crippen molar-refractivity contribution < 1.29 is 28.5 Å². The number of hydrogen-bond acceptors (Lipinski definition) is 7. The summed E-state index contributed by atoms with van der Waals surface area (Å²) in [5.74, 6) is 1.54. The molecule has 1 heterocycles. The maximum absolute atomic E-state index is 13.5. The largest absolute Gasteiger partial charge is 0.497 e. The van der Waals surface area contributed by atoms with Crippen molar-refractivity contribution in [1.29, 1.82) is 0 Å². The highest BCUT2D eigenvalue weighted by molar-refractivity contribution is 5.88. The minimum absolute atomic E-state index is 0.127. The molecule has 0 spiro atoms. The van der Waals surface area contributed by atoms with Crippen LogP contribution >= 0.6 is 0 Å². The van der Waals surface area contributed by atoms with Gasteiger partial charge in [0.05, 0.1) is 41.0 Å². The molecule has 0 aromatic heterocycles. The smallest absolute Gasteiger partial charge is 0.242 e. The standard InChI is InChI=1S/C27H37N3O6/c1-20(27(32)28-11-12-29-13-15-36-16-14-29)30(19-21-5-8-23(33-2)9-6-21)26(31)18-22-7-10-24(34-3)25(17-22)35-4/h5-10,17,20H,11-16,18-19H2,1-4H3,(H,28,32)/t20-/m0/s1. The first-order chi connectivity index (χ1) is 17.4. The van der Waals surface area contributed by atoms with E-state index in [1.54, 1.807) is 45.3 Å². The molecule has 1 aliphatic heterocycles. The average molecular weight is 500 g/mol. The van der Waals surface area contributed by atoms with Gasteiger partial charge >= 0.3 is 0 Å². The molecule has 1 aliphatic rings. The molecule has 2 aromatic rings. The minimum atomic E-state index is -0.649. The molecule has 9 heteroatoms. The molecule has 1 fully saturated rings. The Balaban J connectivity index is 1.71. The SMILES string of the molecule is COc1ccc(CN(C(=O)Cc2ccc(OC)c(OC)c2)[C@@H](C)C(=O)NCCN2CCOCC2)cc1. The zero-order chi connectivity index (χ0) is 25.9. The molecule has 0 unspecified atom stereocenters. The Hall–Kier alpha value is -3.30. The molecular weight excluding hydrogens is 462 g/mol. The first kappa shape index (κ1) is 27.3. The monoisotopic (exact) mass is 499 g/mol. The summed E-state index contributed by atoms with van der Waals surface area (Å²) in [6.07, 6.45) is 0.127. The molecular formula is C27H37N3O6. The number of nitrogens with zero attached hydrogens (tertiary/aromatic N) is 2. The van der Waals surface area contributed by atoms with Crippen LogP contribution < -0.4 is 19.5 Å². The van der Waals surface area contributed by atoms with E-state index in [9.17, 15) is 9.59 Å². The zero-order valence-corrected chi connectivity index (χ0v) is 21.6. The average Bonchev–Trinajstić information content (AvgIpc) is 2.92. The zero-order valence-electron chi connectivity index (χ0n) is 21.6. The van der Waals surface area contributed by atoms with Crippen molar-refractivity contribution in [3.63, 3.8) is 0 Å². The second-order valence-electron chi connectivity index (χ2n) is 8.66. The third-order valence-electron chi connectivity index (χ3n) is 6.31. The predicted octanol–water partition coefficient (Wildman–Crippen LogP) is 2.12. The summed E-state index contributed by atoms with van der Waals surface area (Å²) in [5, 5.41) is 2.99. The van der Waals surface area contributed by atoms with Crippen LogP contribution in [0.1, 0.15) is 18.1 Å². The van der Waals surface area contributed by atoms with Crippen molar-refractivity contribution in [1.82, 2.24) is 15.1 Å². The molecule has 2 amide bonds. The number of ether oxygens (including phenoxy) is 4. The number of morpholine rings is 1. The Morgan fingerprint density at radius 2 is 1.64 bits per heavy atom. The maximum atomic E-state index is 13.5. The van der Waals surface area contributed by atoms with E-state index in [1.807, 2.05) is 30.3 Å². The lowest BCUT2D eigenvalue weighted by molar-refractivity contribution is -0.140. The topological polar surface area (TPSA) is 89.6 Å². The van der Waals surface area contributed by atoms with Gasteiger partial charge in [-0.15, -0.1) is 0 Å². The van der Waals surface area contributed by atoms with E-state index in [0.29, 0.717) is 37.8 Å². The number of carbonyl (C=O) groups is 2. The lowest BCUT2D eigenvalue weighted by Crippen LogP contribution is -2.49. The van der Waals surface area contributed by atoms with Gasteiger partial charge in [-0.3, -0.25) is 14.5 Å². The van der Waals surface area contributed by atoms with Crippen molar-refractivity contribution in [3.05, 3.63) is 53.6 Å². The fourth-order valence-electron chi connectivity index (χ4n) is 4.09. The van der Waals surface area contributed by atoms with E-state index in [0.717, 1.165) is 36.5 Å². The van der Waals surface area contributed by atoms with Crippen LogP contribution in [0.25, 0.3) is 0 Å². The van der Waals surface area contributed by atoms with Gasteiger partial charge in [-0.05, 0) is 42.3 Å². The predicted molar refractivity (Wildman–Crippen MR) is 137 cm³/mol. The van der Waals surface area contributed by atoms with Gasteiger partial charge in [-0.25, -0.2) is 0 Å². The van der Waals surface area contributed by atoms with Crippen molar-refractivity contribution in [3.8, 4) is 17.2 Å². The van der Waals surface area contributed by atoms with Gasteiger partial charge in [0.1, 0.15) is 11.8 Å². The minimum Gasteiger partial charge on any atom is -0.497 e. The number of nitrogens with one attached hydrogen (secondary N) is 1. The molecule has 1 atom stereocenters. The van der Waals surface area contributed by atoms with Crippen LogP contribution in [0.3, 0.4) is 0 Å². The van der Waals surface area contributed by atoms with Crippen LogP contribution in [0.2, 0.25) is 0 Å². The van der Waals surface area contributed by atoms with E-state index in [-0.39, 0.29) is 18.2 Å². The molecule has 0 saturated carbocycles. The normalized spacial score (nSPS) is 14.6. The molecule has 3 rings (SSSR count). The van der Waals surface area contributed by atoms with Gasteiger partial charge in [0.2, 0.25) is 11.8 Å². The number of hydrogen-bond donors (Lipinski definition) is 1. The molecule has 1 N–H and O–H groups in total. The quantitative estimate of drug-likeness (QED) is 0.479. The fraction of sp³-hybridized carbons (Fsp3) is 0.481. The molecule has 0 radical (unpaired) electrons. The number of carbonyl (C=O) groups excluding carboxylic acids is 2. The van der Waals surface area contributed by atoms with Crippen LogP contribution in [0.15, 0.2) is 42.5 Å². The van der Waals surface area contributed by atoms with Crippen molar-refractivity contribution in [2.75, 3.05) is 60.7 Å². The van der Waals surface area contributed by atoms with Crippen LogP contribution in [0.5, 0.6) is 17.2 Å². The summed E-state index contributed by atoms with van der Waals surface area (Å²) >= 11 is 0. The Kier molecular flexibility index (Phi) is 10.4. The second-order valence-corrected chi connectivity index (χ2v) is 8.66. The van der Waals surface area contributed by atoms with Gasteiger partial charge < -0.3 is 29.2 Å². The summed E-state index contributed by atoms with van der Waals surface area (Å²) in [7, 11) is 4.73. The first-order valence-electron chi connectivity index (χ1n) is 12.2. The summed E-state index contributed by atoms with van der Waals surface area (Å²) in [4.78, 5) is 30.4.